The van der Waals surface area contributed by atoms with Crippen molar-refractivity contribution >= 4 is 13.6 Å². The van der Waals surface area contributed by atoms with Crippen molar-refractivity contribution in [3.63, 3.8) is 0 Å². The van der Waals surface area contributed by atoms with Gasteiger partial charge in [-0.05, 0) is 52.7 Å². The summed E-state index contributed by atoms with van der Waals surface area (Å²) in [5.41, 5.74) is 0.983. The highest BCUT2D eigenvalue weighted by molar-refractivity contribution is 7.52. The van der Waals surface area contributed by atoms with E-state index in [-0.39, 0.29) is 6.42 Å². The molecule has 0 aromatic heterocycles. The molecule has 1 aromatic carbocycles. The van der Waals surface area contributed by atoms with Crippen LogP contribution >= 0.6 is 7.60 Å². The van der Waals surface area contributed by atoms with E-state index in [0.29, 0.717) is 5.75 Å². The van der Waals surface area contributed by atoms with Crippen molar-refractivity contribution in [2.75, 3.05) is 13.0 Å². The number of benzene rings is 1. The van der Waals surface area contributed by atoms with Gasteiger partial charge in [-0.3, -0.25) is 13.9 Å². The number of rotatable bonds is 8. The third-order valence-corrected chi connectivity index (χ3v) is 6.04. The number of carbonyl (C=O) groups excluding carboxylic acids is 1. The van der Waals surface area contributed by atoms with Gasteiger partial charge < -0.3 is 34.4 Å². The smallest absolute Gasteiger partial charge is 0.331 e. The fourth-order valence-electron chi connectivity index (χ4n) is 2.82. The highest BCUT2D eigenvalue weighted by atomic mass is 31.2. The van der Waals surface area contributed by atoms with E-state index in [0.717, 1.165) is 11.1 Å². The van der Waals surface area contributed by atoms with Crippen LogP contribution in [-0.4, -0.2) is 57.6 Å². The van der Waals surface area contributed by atoms with Crippen LogP contribution in [-0.2, 0) is 23.4 Å². The number of aryl methyl sites for hydroxylation is 2. The molecule has 0 amide bonds. The molecular weight excluding hydrogens is 443 g/mol. The Balaban J connectivity index is 1.99. The van der Waals surface area contributed by atoms with Crippen molar-refractivity contribution in [3.8, 4) is 5.75 Å². The molecule has 0 radical (unpaired) electrons. The van der Waals surface area contributed by atoms with Crippen molar-refractivity contribution in [1.29, 1.82) is 0 Å². The van der Waals surface area contributed by atoms with E-state index in [2.05, 4.69) is 0 Å². The molecule has 11 heteroatoms. The standard InChI is InChI=1S/C21H31O10P/c1-12-6-7-14(13(2)10-12)30-19-18(24)17(23)16(22)15(31-19)8-9-32(26,27)29-11-28-20(25)21(3,4)5/h6-7,10,15,18-19,22-24H,8-9,11H2,1-5H3,(H,26,27)/t15-,18+,19+/m1/s1. The van der Waals surface area contributed by atoms with Crippen molar-refractivity contribution in [3.05, 3.63) is 40.8 Å². The molecule has 1 aliphatic rings. The summed E-state index contributed by atoms with van der Waals surface area (Å²) in [6, 6.07) is 5.34. The van der Waals surface area contributed by atoms with Crippen LogP contribution in [0.2, 0.25) is 0 Å². The van der Waals surface area contributed by atoms with E-state index in [1.165, 1.54) is 0 Å². The molecule has 0 fully saturated rings. The molecule has 4 N–H and O–H groups in total. The first-order chi connectivity index (χ1) is 14.7. The summed E-state index contributed by atoms with van der Waals surface area (Å²) in [4.78, 5) is 21.7. The summed E-state index contributed by atoms with van der Waals surface area (Å²) in [5.74, 6) is -1.61. The summed E-state index contributed by atoms with van der Waals surface area (Å²) in [6.45, 7) is 7.88. The van der Waals surface area contributed by atoms with Crippen molar-refractivity contribution in [1.82, 2.24) is 0 Å². The largest absolute Gasteiger partial charge is 0.506 e. The van der Waals surface area contributed by atoms with Gasteiger partial charge in [0.15, 0.2) is 17.6 Å². The highest BCUT2D eigenvalue weighted by Crippen LogP contribution is 2.44. The van der Waals surface area contributed by atoms with Gasteiger partial charge in [0.2, 0.25) is 13.1 Å². The van der Waals surface area contributed by atoms with Gasteiger partial charge in [0.25, 0.3) is 0 Å². The molecule has 1 aliphatic heterocycles. The molecule has 0 aliphatic carbocycles. The Morgan fingerprint density at radius 3 is 2.44 bits per heavy atom. The summed E-state index contributed by atoms with van der Waals surface area (Å²) >= 11 is 0. The summed E-state index contributed by atoms with van der Waals surface area (Å²) in [5, 5.41) is 30.4. The molecule has 32 heavy (non-hydrogen) atoms. The SMILES string of the molecule is Cc1ccc(O[C@H]2O[C@H](CCP(=O)(O)OCOC(=O)C(C)(C)C)C(O)=C(O)[C@@H]2O)c(C)c1. The van der Waals surface area contributed by atoms with Gasteiger partial charge in [0.1, 0.15) is 11.9 Å². The summed E-state index contributed by atoms with van der Waals surface area (Å²) in [7, 11) is -4.20. The first-order valence-electron chi connectivity index (χ1n) is 10.0. The fraction of sp³-hybridized carbons (Fsp3) is 0.571. The summed E-state index contributed by atoms with van der Waals surface area (Å²) in [6.07, 6.45) is -4.95. The third kappa shape index (κ3) is 6.95. The molecule has 0 saturated carbocycles. The average molecular weight is 474 g/mol. The van der Waals surface area contributed by atoms with E-state index >= 15 is 0 Å². The maximum Gasteiger partial charge on any atom is 0.331 e. The Morgan fingerprint density at radius 1 is 1.19 bits per heavy atom. The molecule has 0 saturated heterocycles. The highest BCUT2D eigenvalue weighted by Gasteiger charge is 2.40. The molecule has 0 spiro atoms. The Bertz CT molecular complexity index is 904. The predicted octanol–water partition coefficient (Wildman–Crippen LogP) is 3.23. The third-order valence-electron chi connectivity index (χ3n) is 4.71. The van der Waals surface area contributed by atoms with Gasteiger partial charge in [0, 0.05) is 0 Å². The van der Waals surface area contributed by atoms with Gasteiger partial charge in [-0.1, -0.05) is 17.7 Å². The lowest BCUT2D eigenvalue weighted by atomic mass is 9.98. The van der Waals surface area contributed by atoms with E-state index < -0.39 is 62.0 Å². The second-order valence-corrected chi connectivity index (χ2v) is 10.7. The Morgan fingerprint density at radius 2 is 1.84 bits per heavy atom. The zero-order chi connectivity index (χ0) is 24.3. The molecule has 4 atom stereocenters. The first kappa shape index (κ1) is 26.2. The van der Waals surface area contributed by atoms with Crippen molar-refractivity contribution in [2.24, 2.45) is 5.41 Å². The van der Waals surface area contributed by atoms with E-state index in [1.54, 1.807) is 39.8 Å². The molecule has 2 rings (SSSR count). The lowest BCUT2D eigenvalue weighted by Crippen LogP contribution is -2.45. The second kappa shape index (κ2) is 10.2. The maximum absolute atomic E-state index is 12.2. The fourth-order valence-corrected chi connectivity index (χ4v) is 3.73. The van der Waals surface area contributed by atoms with Crippen LogP contribution in [0.25, 0.3) is 0 Å². The van der Waals surface area contributed by atoms with Gasteiger partial charge in [-0.25, -0.2) is 0 Å². The predicted molar refractivity (Wildman–Crippen MR) is 114 cm³/mol. The quantitative estimate of drug-likeness (QED) is 0.251. The maximum atomic E-state index is 12.2. The van der Waals surface area contributed by atoms with Crippen LogP contribution in [0.3, 0.4) is 0 Å². The molecule has 1 unspecified atom stereocenters. The molecule has 1 aromatic rings. The van der Waals surface area contributed by atoms with E-state index in [9.17, 15) is 29.6 Å². The molecule has 180 valence electrons. The lowest BCUT2D eigenvalue weighted by molar-refractivity contribution is -0.185. The molecule has 10 nitrogen and oxygen atoms in total. The van der Waals surface area contributed by atoms with Crippen molar-refractivity contribution < 1.29 is 48.3 Å². The number of hydrogen-bond donors (Lipinski definition) is 4. The van der Waals surface area contributed by atoms with Gasteiger partial charge in [0.05, 0.1) is 11.6 Å². The van der Waals surface area contributed by atoms with Crippen LogP contribution in [0.4, 0.5) is 0 Å². The molecular formula is C21H31O10P. The number of aliphatic hydroxyl groups is 3. The first-order valence-corrected chi connectivity index (χ1v) is 11.8. The second-order valence-electron chi connectivity index (χ2n) is 8.67. The van der Waals surface area contributed by atoms with Gasteiger partial charge >= 0.3 is 13.6 Å². The Hall–Kier alpha value is -2.10. The molecule has 0 bridgehead atoms. The van der Waals surface area contributed by atoms with Crippen molar-refractivity contribution in [2.45, 2.75) is 59.5 Å². The number of hydrogen-bond acceptors (Lipinski definition) is 9. The minimum atomic E-state index is -4.20. The topological polar surface area (TPSA) is 152 Å². The van der Waals surface area contributed by atoms with Crippen LogP contribution in [0.5, 0.6) is 5.75 Å². The minimum Gasteiger partial charge on any atom is -0.506 e. The zero-order valence-corrected chi connectivity index (χ0v) is 19.7. The van der Waals surface area contributed by atoms with Crippen LogP contribution in [0.1, 0.15) is 38.3 Å². The summed E-state index contributed by atoms with van der Waals surface area (Å²) < 4.78 is 33.0. The monoisotopic (exact) mass is 474 g/mol. The minimum absolute atomic E-state index is 0.240. The number of aliphatic hydroxyl groups excluding tert-OH is 3. The van der Waals surface area contributed by atoms with Crippen LogP contribution in [0, 0.1) is 19.3 Å². The van der Waals surface area contributed by atoms with Crippen LogP contribution < -0.4 is 4.74 Å². The van der Waals surface area contributed by atoms with E-state index in [4.69, 9.17) is 18.7 Å². The van der Waals surface area contributed by atoms with Gasteiger partial charge in [-0.15, -0.1) is 0 Å². The number of carbonyl (C=O) groups is 1. The Kier molecular flexibility index (Phi) is 8.36. The number of esters is 1. The van der Waals surface area contributed by atoms with Crippen LogP contribution in [0.15, 0.2) is 29.7 Å². The molecule has 1 heterocycles. The van der Waals surface area contributed by atoms with E-state index in [1.807, 2.05) is 13.0 Å². The Labute approximate surface area is 186 Å². The van der Waals surface area contributed by atoms with Gasteiger partial charge in [-0.2, -0.15) is 0 Å². The zero-order valence-electron chi connectivity index (χ0n) is 18.8. The normalized spacial score (nSPS) is 23.5. The number of ether oxygens (including phenoxy) is 3. The average Bonchev–Trinajstić information content (AvgIpc) is 2.68. The lowest BCUT2D eigenvalue weighted by Gasteiger charge is -2.33.